The van der Waals surface area contributed by atoms with Crippen LogP contribution in [0, 0.1) is 5.41 Å². The second kappa shape index (κ2) is 4.23. The molecule has 1 N–H and O–H groups in total. The quantitative estimate of drug-likeness (QED) is 0.797. The molecule has 0 heterocycles. The van der Waals surface area contributed by atoms with E-state index in [9.17, 15) is 0 Å². The molecule has 0 unspecified atom stereocenters. The molecule has 1 fully saturated rings. The fourth-order valence-corrected chi connectivity index (χ4v) is 1.68. The van der Waals surface area contributed by atoms with Crippen LogP contribution in [0.15, 0.2) is 24.3 Å². The van der Waals surface area contributed by atoms with Gasteiger partial charge in [-0.15, -0.1) is 0 Å². The lowest BCUT2D eigenvalue weighted by Gasteiger charge is -2.10. The van der Waals surface area contributed by atoms with Gasteiger partial charge in [0.25, 0.3) is 0 Å². The number of benzene rings is 1. The highest BCUT2D eigenvalue weighted by atomic mass is 16.5. The normalized spacial score (nSPS) is 17.5. The molecule has 0 amide bonds. The molecule has 0 aromatic heterocycles. The SMILES string of the molecule is COc1cccc(CNCC2(C)CC2)c1. The van der Waals surface area contributed by atoms with Gasteiger partial charge in [-0.25, -0.2) is 0 Å². The molecule has 1 aromatic carbocycles. The van der Waals surface area contributed by atoms with Gasteiger partial charge in [0, 0.05) is 13.1 Å². The molecule has 0 spiro atoms. The zero-order valence-electron chi connectivity index (χ0n) is 9.55. The van der Waals surface area contributed by atoms with Crippen molar-refractivity contribution in [2.24, 2.45) is 5.41 Å². The fourth-order valence-electron chi connectivity index (χ4n) is 1.68. The van der Waals surface area contributed by atoms with Crippen molar-refractivity contribution in [1.82, 2.24) is 5.32 Å². The van der Waals surface area contributed by atoms with Crippen LogP contribution in [0.1, 0.15) is 25.3 Å². The minimum Gasteiger partial charge on any atom is -0.497 e. The average Bonchev–Trinajstić information content (AvgIpc) is 2.97. The lowest BCUT2D eigenvalue weighted by atomic mass is 10.1. The Labute approximate surface area is 91.6 Å². The molecule has 0 aliphatic heterocycles. The summed E-state index contributed by atoms with van der Waals surface area (Å²) in [7, 11) is 1.71. The maximum absolute atomic E-state index is 5.19. The van der Waals surface area contributed by atoms with Crippen molar-refractivity contribution in [3.8, 4) is 5.75 Å². The Bertz CT molecular complexity index is 331. The number of ether oxygens (including phenoxy) is 1. The van der Waals surface area contributed by atoms with Crippen LogP contribution in [-0.4, -0.2) is 13.7 Å². The average molecular weight is 205 g/mol. The summed E-state index contributed by atoms with van der Waals surface area (Å²) < 4.78 is 5.19. The lowest BCUT2D eigenvalue weighted by molar-refractivity contribution is 0.413. The summed E-state index contributed by atoms with van der Waals surface area (Å²) >= 11 is 0. The van der Waals surface area contributed by atoms with Crippen molar-refractivity contribution < 1.29 is 4.74 Å². The largest absolute Gasteiger partial charge is 0.497 e. The molecular weight excluding hydrogens is 186 g/mol. The lowest BCUT2D eigenvalue weighted by Crippen LogP contribution is -2.21. The zero-order chi connectivity index (χ0) is 10.7. The molecule has 2 heteroatoms. The number of hydrogen-bond acceptors (Lipinski definition) is 2. The number of rotatable bonds is 5. The van der Waals surface area contributed by atoms with E-state index in [0.717, 1.165) is 18.8 Å². The highest BCUT2D eigenvalue weighted by Crippen LogP contribution is 2.44. The zero-order valence-corrected chi connectivity index (χ0v) is 9.55. The third-order valence-corrected chi connectivity index (χ3v) is 3.12. The van der Waals surface area contributed by atoms with Crippen LogP contribution in [0.5, 0.6) is 5.75 Å². The van der Waals surface area contributed by atoms with Crippen LogP contribution in [0.2, 0.25) is 0 Å². The molecule has 15 heavy (non-hydrogen) atoms. The van der Waals surface area contributed by atoms with Crippen LogP contribution in [0.3, 0.4) is 0 Å². The van der Waals surface area contributed by atoms with Crippen molar-refractivity contribution in [3.63, 3.8) is 0 Å². The topological polar surface area (TPSA) is 21.3 Å². The number of methoxy groups -OCH3 is 1. The Morgan fingerprint density at radius 1 is 1.40 bits per heavy atom. The van der Waals surface area contributed by atoms with Crippen LogP contribution >= 0.6 is 0 Å². The van der Waals surface area contributed by atoms with Crippen LogP contribution in [0.4, 0.5) is 0 Å². The Balaban J connectivity index is 1.82. The van der Waals surface area contributed by atoms with E-state index < -0.39 is 0 Å². The second-order valence-corrected chi connectivity index (χ2v) is 4.77. The van der Waals surface area contributed by atoms with E-state index >= 15 is 0 Å². The van der Waals surface area contributed by atoms with Crippen molar-refractivity contribution in [1.29, 1.82) is 0 Å². The first kappa shape index (κ1) is 10.5. The summed E-state index contributed by atoms with van der Waals surface area (Å²) in [5.41, 5.74) is 1.87. The third kappa shape index (κ3) is 2.96. The number of nitrogens with one attached hydrogen (secondary N) is 1. The van der Waals surface area contributed by atoms with Gasteiger partial charge < -0.3 is 10.1 Å². The maximum atomic E-state index is 5.19. The molecule has 0 radical (unpaired) electrons. The van der Waals surface area contributed by atoms with Crippen molar-refractivity contribution in [2.45, 2.75) is 26.3 Å². The molecule has 1 aliphatic carbocycles. The van der Waals surface area contributed by atoms with Crippen LogP contribution in [0.25, 0.3) is 0 Å². The maximum Gasteiger partial charge on any atom is 0.119 e. The Morgan fingerprint density at radius 2 is 2.20 bits per heavy atom. The summed E-state index contributed by atoms with van der Waals surface area (Å²) in [5.74, 6) is 0.937. The Kier molecular flexibility index (Phi) is 2.96. The highest BCUT2D eigenvalue weighted by molar-refractivity contribution is 5.28. The summed E-state index contributed by atoms with van der Waals surface area (Å²) in [4.78, 5) is 0. The first-order valence-corrected chi connectivity index (χ1v) is 5.56. The predicted molar refractivity (Wildman–Crippen MR) is 62.0 cm³/mol. The van der Waals surface area contributed by atoms with E-state index in [1.54, 1.807) is 7.11 Å². The van der Waals surface area contributed by atoms with Gasteiger partial charge in [-0.05, 0) is 36.0 Å². The summed E-state index contributed by atoms with van der Waals surface area (Å²) in [5, 5.41) is 3.50. The van der Waals surface area contributed by atoms with Crippen molar-refractivity contribution in [2.75, 3.05) is 13.7 Å². The van der Waals surface area contributed by atoms with E-state index in [-0.39, 0.29) is 0 Å². The first-order chi connectivity index (χ1) is 7.22. The van der Waals surface area contributed by atoms with Crippen molar-refractivity contribution >= 4 is 0 Å². The molecule has 0 saturated heterocycles. The highest BCUT2D eigenvalue weighted by Gasteiger charge is 2.36. The molecule has 0 atom stereocenters. The minimum absolute atomic E-state index is 0.582. The molecule has 2 nitrogen and oxygen atoms in total. The van der Waals surface area contributed by atoms with E-state index in [2.05, 4.69) is 24.4 Å². The molecular formula is C13H19NO. The van der Waals surface area contributed by atoms with E-state index in [1.165, 1.54) is 18.4 Å². The van der Waals surface area contributed by atoms with Gasteiger partial charge >= 0.3 is 0 Å². The van der Waals surface area contributed by atoms with Crippen LogP contribution in [-0.2, 0) is 6.54 Å². The molecule has 1 aromatic rings. The second-order valence-electron chi connectivity index (χ2n) is 4.77. The monoisotopic (exact) mass is 205 g/mol. The van der Waals surface area contributed by atoms with Gasteiger partial charge in [-0.2, -0.15) is 0 Å². The Morgan fingerprint density at radius 3 is 2.87 bits per heavy atom. The molecule has 2 rings (SSSR count). The summed E-state index contributed by atoms with van der Waals surface area (Å²) in [6.45, 7) is 4.41. The number of hydrogen-bond donors (Lipinski definition) is 1. The molecule has 82 valence electrons. The summed E-state index contributed by atoms with van der Waals surface area (Å²) in [6, 6.07) is 8.23. The molecule has 1 saturated carbocycles. The van der Waals surface area contributed by atoms with Gasteiger partial charge in [0.1, 0.15) is 5.75 Å². The molecule has 0 bridgehead atoms. The van der Waals surface area contributed by atoms with Gasteiger partial charge in [0.15, 0.2) is 0 Å². The van der Waals surface area contributed by atoms with E-state index in [1.807, 2.05) is 12.1 Å². The first-order valence-electron chi connectivity index (χ1n) is 5.56. The fraction of sp³-hybridized carbons (Fsp3) is 0.538. The van der Waals surface area contributed by atoms with E-state index in [0.29, 0.717) is 5.41 Å². The van der Waals surface area contributed by atoms with E-state index in [4.69, 9.17) is 4.74 Å². The summed E-state index contributed by atoms with van der Waals surface area (Å²) in [6.07, 6.45) is 2.75. The van der Waals surface area contributed by atoms with Gasteiger partial charge in [-0.1, -0.05) is 19.1 Å². The van der Waals surface area contributed by atoms with Gasteiger partial charge in [0.05, 0.1) is 7.11 Å². The third-order valence-electron chi connectivity index (χ3n) is 3.12. The van der Waals surface area contributed by atoms with Crippen molar-refractivity contribution in [3.05, 3.63) is 29.8 Å². The smallest absolute Gasteiger partial charge is 0.119 e. The van der Waals surface area contributed by atoms with Gasteiger partial charge in [0.2, 0.25) is 0 Å². The van der Waals surface area contributed by atoms with Gasteiger partial charge in [-0.3, -0.25) is 0 Å². The van der Waals surface area contributed by atoms with Crippen LogP contribution < -0.4 is 10.1 Å². The molecule has 1 aliphatic rings. The minimum atomic E-state index is 0.582. The predicted octanol–water partition coefficient (Wildman–Crippen LogP) is 2.58. The standard InChI is InChI=1S/C13H19NO/c1-13(6-7-13)10-14-9-11-4-3-5-12(8-11)15-2/h3-5,8,14H,6-7,9-10H2,1-2H3. The Hall–Kier alpha value is -1.02.